The molecule has 0 atom stereocenters. The highest BCUT2D eigenvalue weighted by atomic mass is 16.7. The highest BCUT2D eigenvalue weighted by Gasteiger charge is 2.52. The molecule has 22 heavy (non-hydrogen) atoms. The van der Waals surface area contributed by atoms with Crippen LogP contribution in [-0.4, -0.2) is 33.3 Å². The fourth-order valence-corrected chi connectivity index (χ4v) is 2.20. The lowest BCUT2D eigenvalue weighted by atomic mass is 9.85. The number of hydrogen-bond acceptors (Lipinski definition) is 5. The zero-order chi connectivity index (χ0) is 16.0. The van der Waals surface area contributed by atoms with Crippen molar-refractivity contribution in [3.05, 3.63) is 36.3 Å². The molecule has 1 saturated heterocycles. The van der Waals surface area contributed by atoms with Crippen molar-refractivity contribution in [1.82, 2.24) is 15.0 Å². The molecule has 0 spiro atoms. The van der Waals surface area contributed by atoms with E-state index in [2.05, 4.69) is 15.0 Å². The molecule has 0 aromatic carbocycles. The van der Waals surface area contributed by atoms with Crippen molar-refractivity contribution in [2.75, 3.05) is 0 Å². The van der Waals surface area contributed by atoms with E-state index >= 15 is 0 Å². The fourth-order valence-electron chi connectivity index (χ4n) is 2.20. The normalized spacial score (nSPS) is 19.4. The van der Waals surface area contributed by atoms with Crippen LogP contribution in [0, 0.1) is 6.92 Å². The Labute approximate surface area is 131 Å². The molecule has 0 unspecified atom stereocenters. The van der Waals surface area contributed by atoms with E-state index in [0.717, 1.165) is 11.3 Å². The first-order chi connectivity index (χ1) is 10.3. The van der Waals surface area contributed by atoms with Crippen LogP contribution < -0.4 is 5.59 Å². The molecule has 0 aliphatic carbocycles. The van der Waals surface area contributed by atoms with E-state index in [0.29, 0.717) is 11.3 Å². The Kier molecular flexibility index (Phi) is 3.53. The Morgan fingerprint density at radius 1 is 0.909 bits per heavy atom. The zero-order valence-corrected chi connectivity index (χ0v) is 13.6. The van der Waals surface area contributed by atoms with Crippen LogP contribution in [-0.2, 0) is 9.31 Å². The molecule has 0 radical (unpaired) electrons. The number of pyridine rings is 1. The predicted octanol–water partition coefficient (Wildman–Crippen LogP) is 2.15. The Hall–Kier alpha value is -1.79. The van der Waals surface area contributed by atoms with Gasteiger partial charge >= 0.3 is 7.12 Å². The molecule has 1 aliphatic heterocycles. The summed E-state index contributed by atoms with van der Waals surface area (Å²) in [5.74, 6) is 0. The largest absolute Gasteiger partial charge is 0.516 e. The first-order valence-corrected chi connectivity index (χ1v) is 7.39. The molecule has 2 aromatic rings. The van der Waals surface area contributed by atoms with Crippen molar-refractivity contribution in [2.45, 2.75) is 45.8 Å². The number of rotatable bonds is 2. The molecule has 2 aromatic heterocycles. The highest BCUT2D eigenvalue weighted by Crippen LogP contribution is 2.36. The minimum absolute atomic E-state index is 0.391. The van der Waals surface area contributed by atoms with E-state index in [1.807, 2.05) is 52.9 Å². The van der Waals surface area contributed by atoms with Crippen LogP contribution in [0.5, 0.6) is 0 Å². The van der Waals surface area contributed by atoms with Gasteiger partial charge in [0.25, 0.3) is 0 Å². The standard InChI is InChI=1S/C16H20BN3O2/c1-11-6-7-12(19-8-11)13-9-18-10-14(20-13)17-21-15(2,3)16(4,5)22-17/h6-10H,1-5H3. The summed E-state index contributed by atoms with van der Waals surface area (Å²) in [6.07, 6.45) is 5.20. The van der Waals surface area contributed by atoms with Crippen molar-refractivity contribution in [3.8, 4) is 11.4 Å². The average molecular weight is 297 g/mol. The third kappa shape index (κ3) is 2.64. The van der Waals surface area contributed by atoms with Crippen molar-refractivity contribution in [1.29, 1.82) is 0 Å². The lowest BCUT2D eigenvalue weighted by molar-refractivity contribution is 0.00578. The van der Waals surface area contributed by atoms with Crippen LogP contribution in [0.1, 0.15) is 33.3 Å². The Balaban J connectivity index is 1.91. The van der Waals surface area contributed by atoms with Gasteiger partial charge in [0.2, 0.25) is 0 Å². The molecule has 0 bridgehead atoms. The third-order valence-electron chi connectivity index (χ3n) is 4.32. The third-order valence-corrected chi connectivity index (χ3v) is 4.32. The van der Waals surface area contributed by atoms with Crippen LogP contribution in [0.3, 0.4) is 0 Å². The van der Waals surface area contributed by atoms with E-state index in [-0.39, 0.29) is 0 Å². The van der Waals surface area contributed by atoms with Gasteiger partial charge in [-0.2, -0.15) is 0 Å². The summed E-state index contributed by atoms with van der Waals surface area (Å²) in [5.41, 5.74) is 2.50. The van der Waals surface area contributed by atoms with Crippen molar-refractivity contribution in [2.24, 2.45) is 0 Å². The monoisotopic (exact) mass is 297 g/mol. The van der Waals surface area contributed by atoms with Gasteiger partial charge in [0, 0.05) is 12.4 Å². The summed E-state index contributed by atoms with van der Waals surface area (Å²) in [4.78, 5) is 13.3. The molecule has 0 saturated carbocycles. The molecule has 3 heterocycles. The quantitative estimate of drug-likeness (QED) is 0.795. The summed E-state index contributed by atoms with van der Waals surface area (Å²) in [6.45, 7) is 10.1. The van der Waals surface area contributed by atoms with E-state index in [9.17, 15) is 0 Å². The maximum atomic E-state index is 6.01. The molecule has 0 N–H and O–H groups in total. The highest BCUT2D eigenvalue weighted by molar-refractivity contribution is 6.61. The molecule has 1 fully saturated rings. The number of aromatic nitrogens is 3. The van der Waals surface area contributed by atoms with Crippen LogP contribution in [0.2, 0.25) is 0 Å². The van der Waals surface area contributed by atoms with E-state index < -0.39 is 18.3 Å². The van der Waals surface area contributed by atoms with Gasteiger partial charge in [0.15, 0.2) is 0 Å². The zero-order valence-electron chi connectivity index (χ0n) is 13.6. The van der Waals surface area contributed by atoms with Crippen molar-refractivity contribution >= 4 is 12.7 Å². The van der Waals surface area contributed by atoms with Gasteiger partial charge in [-0.15, -0.1) is 0 Å². The second kappa shape index (κ2) is 5.14. The SMILES string of the molecule is Cc1ccc(-c2cncc(B3OC(C)(C)C(C)(C)O3)n2)nc1. The summed E-state index contributed by atoms with van der Waals surface area (Å²) in [7, 11) is -0.511. The molecule has 0 amide bonds. The van der Waals surface area contributed by atoms with Gasteiger partial charge in [-0.3, -0.25) is 15.0 Å². The van der Waals surface area contributed by atoms with E-state index in [1.165, 1.54) is 0 Å². The van der Waals surface area contributed by atoms with Crippen LogP contribution >= 0.6 is 0 Å². The van der Waals surface area contributed by atoms with Gasteiger partial charge in [0.1, 0.15) is 5.69 Å². The number of hydrogen-bond donors (Lipinski definition) is 0. The summed E-state index contributed by atoms with van der Waals surface area (Å²) >= 11 is 0. The molecular weight excluding hydrogens is 277 g/mol. The number of aryl methyl sites for hydroxylation is 1. The van der Waals surface area contributed by atoms with Crippen LogP contribution in [0.25, 0.3) is 11.4 Å². The van der Waals surface area contributed by atoms with E-state index in [4.69, 9.17) is 9.31 Å². The summed E-state index contributed by atoms with van der Waals surface area (Å²) < 4.78 is 12.0. The maximum absolute atomic E-state index is 6.01. The topological polar surface area (TPSA) is 57.1 Å². The molecule has 114 valence electrons. The average Bonchev–Trinajstić information content (AvgIpc) is 2.68. The Bertz CT molecular complexity index is 670. The molecular formula is C16H20BN3O2. The maximum Gasteiger partial charge on any atom is 0.516 e. The fraction of sp³-hybridized carbons (Fsp3) is 0.438. The first-order valence-electron chi connectivity index (χ1n) is 7.39. The minimum Gasteiger partial charge on any atom is -0.398 e. The summed E-state index contributed by atoms with van der Waals surface area (Å²) in [6, 6.07) is 3.94. The molecule has 1 aliphatic rings. The van der Waals surface area contributed by atoms with Crippen LogP contribution in [0.15, 0.2) is 30.7 Å². The van der Waals surface area contributed by atoms with Gasteiger partial charge in [-0.1, -0.05) is 6.07 Å². The van der Waals surface area contributed by atoms with Gasteiger partial charge < -0.3 is 9.31 Å². The molecule has 3 rings (SSSR count). The number of nitrogens with zero attached hydrogens (tertiary/aromatic N) is 3. The molecule has 5 nitrogen and oxygen atoms in total. The lowest BCUT2D eigenvalue weighted by Crippen LogP contribution is -2.41. The first kappa shape index (κ1) is 15.1. The van der Waals surface area contributed by atoms with E-state index in [1.54, 1.807) is 12.4 Å². The minimum atomic E-state index is -0.511. The smallest absolute Gasteiger partial charge is 0.398 e. The second-order valence-electron chi connectivity index (χ2n) is 6.64. The lowest BCUT2D eigenvalue weighted by Gasteiger charge is -2.32. The van der Waals surface area contributed by atoms with Gasteiger partial charge in [-0.25, -0.2) is 0 Å². The van der Waals surface area contributed by atoms with Crippen LogP contribution in [0.4, 0.5) is 0 Å². The van der Waals surface area contributed by atoms with Crippen molar-refractivity contribution in [3.63, 3.8) is 0 Å². The van der Waals surface area contributed by atoms with Gasteiger partial charge in [-0.05, 0) is 46.2 Å². The Morgan fingerprint density at radius 3 is 2.18 bits per heavy atom. The predicted molar refractivity (Wildman–Crippen MR) is 85.7 cm³/mol. The molecule has 6 heteroatoms. The summed E-state index contributed by atoms with van der Waals surface area (Å²) in [5, 5.41) is 0. The van der Waals surface area contributed by atoms with Crippen molar-refractivity contribution < 1.29 is 9.31 Å². The second-order valence-corrected chi connectivity index (χ2v) is 6.64. The van der Waals surface area contributed by atoms with Gasteiger partial charge in [0.05, 0.1) is 28.7 Å². The Morgan fingerprint density at radius 2 is 1.59 bits per heavy atom.